The smallest absolute Gasteiger partial charge is 0.226 e. The fourth-order valence-corrected chi connectivity index (χ4v) is 2.48. The maximum absolute atomic E-state index is 9.05. The molecule has 0 spiro atoms. The van der Waals surface area contributed by atoms with Crippen molar-refractivity contribution in [2.75, 3.05) is 0 Å². The summed E-state index contributed by atoms with van der Waals surface area (Å²) in [5, 5.41) is 18.7. The van der Waals surface area contributed by atoms with Crippen molar-refractivity contribution in [1.82, 2.24) is 0 Å². The monoisotopic (exact) mass is 310 g/mol. The molecule has 0 aromatic heterocycles. The van der Waals surface area contributed by atoms with Crippen molar-refractivity contribution < 1.29 is 0 Å². The summed E-state index contributed by atoms with van der Waals surface area (Å²) in [4.78, 5) is 6.39. The van der Waals surface area contributed by atoms with Crippen LogP contribution in [0.5, 0.6) is 0 Å². The number of hydrogen-bond acceptors (Lipinski definition) is 2. The van der Waals surface area contributed by atoms with Gasteiger partial charge in [-0.2, -0.15) is 0 Å². The molecule has 1 aliphatic carbocycles. The summed E-state index contributed by atoms with van der Waals surface area (Å²) in [7, 11) is 0. The number of allylic oxidation sites excluding steroid dienone is 4. The lowest BCUT2D eigenvalue weighted by Crippen LogP contribution is -1.85. The van der Waals surface area contributed by atoms with Crippen LogP contribution in [0.3, 0.4) is 0 Å². The highest BCUT2D eigenvalue weighted by molar-refractivity contribution is 6.42. The van der Waals surface area contributed by atoms with E-state index in [1.165, 1.54) is 0 Å². The molecule has 21 heavy (non-hydrogen) atoms. The Bertz CT molecular complexity index is 775. The Kier molecular flexibility index (Phi) is 3.98. The molecule has 0 unspecified atom stereocenters. The van der Waals surface area contributed by atoms with Gasteiger partial charge in [0.15, 0.2) is 0 Å². The topological polar surface area (TPSA) is 56.3 Å². The third kappa shape index (κ3) is 2.35. The average Bonchev–Trinajstić information content (AvgIpc) is 2.82. The summed E-state index contributed by atoms with van der Waals surface area (Å²) in [5.74, 6) is 0. The molecule has 1 aromatic carbocycles. The molecule has 98 valence electrons. The van der Waals surface area contributed by atoms with Gasteiger partial charge in [-0.05, 0) is 40.8 Å². The van der Waals surface area contributed by atoms with Crippen LogP contribution < -0.4 is 0 Å². The standard InChI is InChI=1S/C15H4Cl2N4/c1-20-14(6-18)10-3-11(15(7-19)21-2)9-5-13(17)12(16)4-8(9)10/h4-5H,3H2. The van der Waals surface area contributed by atoms with E-state index < -0.39 is 0 Å². The van der Waals surface area contributed by atoms with Crippen LogP contribution in [0.4, 0.5) is 0 Å². The molecule has 0 amide bonds. The van der Waals surface area contributed by atoms with Gasteiger partial charge < -0.3 is 0 Å². The van der Waals surface area contributed by atoms with Crippen LogP contribution in [0.25, 0.3) is 20.8 Å². The number of benzene rings is 1. The summed E-state index contributed by atoms with van der Waals surface area (Å²) in [6.07, 6.45) is 0.169. The summed E-state index contributed by atoms with van der Waals surface area (Å²) in [6.45, 7) is 14.1. The van der Waals surface area contributed by atoms with Gasteiger partial charge in [0, 0.05) is 0 Å². The molecule has 0 saturated carbocycles. The van der Waals surface area contributed by atoms with Gasteiger partial charge >= 0.3 is 0 Å². The first kappa shape index (κ1) is 14.6. The Balaban J connectivity index is 2.91. The first-order chi connectivity index (χ1) is 10.1. The second-order valence-corrected chi connectivity index (χ2v) is 4.90. The minimum absolute atomic E-state index is 0.0769. The van der Waals surface area contributed by atoms with Crippen LogP contribution >= 0.6 is 23.2 Å². The third-order valence-electron chi connectivity index (χ3n) is 3.07. The number of fused-ring (bicyclic) bond motifs is 1. The summed E-state index contributed by atoms with van der Waals surface area (Å²) >= 11 is 12.0. The fourth-order valence-electron chi connectivity index (χ4n) is 2.16. The Morgan fingerprint density at radius 2 is 1.33 bits per heavy atom. The van der Waals surface area contributed by atoms with Crippen molar-refractivity contribution in [1.29, 1.82) is 10.5 Å². The average molecular weight is 311 g/mol. The Labute approximate surface area is 131 Å². The second-order valence-electron chi connectivity index (χ2n) is 4.09. The number of nitriles is 2. The molecule has 1 aliphatic rings. The maximum Gasteiger partial charge on any atom is 0.265 e. The van der Waals surface area contributed by atoms with E-state index in [-0.39, 0.29) is 27.9 Å². The summed E-state index contributed by atoms with van der Waals surface area (Å²) in [6, 6.07) is 6.78. The zero-order valence-corrected chi connectivity index (χ0v) is 11.9. The van der Waals surface area contributed by atoms with Crippen molar-refractivity contribution in [2.24, 2.45) is 0 Å². The second kappa shape index (κ2) is 5.70. The fraction of sp³-hybridized carbons (Fsp3) is 0.0667. The molecular formula is C15H4Cl2N4. The van der Waals surface area contributed by atoms with E-state index in [0.717, 1.165) is 0 Å². The van der Waals surface area contributed by atoms with Crippen molar-refractivity contribution >= 4 is 34.3 Å². The van der Waals surface area contributed by atoms with Gasteiger partial charge in [-0.1, -0.05) is 23.2 Å². The van der Waals surface area contributed by atoms with Gasteiger partial charge in [-0.15, -0.1) is 0 Å². The van der Waals surface area contributed by atoms with Crippen molar-refractivity contribution in [3.63, 3.8) is 0 Å². The lowest BCUT2D eigenvalue weighted by molar-refractivity contribution is 1.42. The molecule has 0 radical (unpaired) electrons. The first-order valence-electron chi connectivity index (χ1n) is 5.58. The number of nitrogens with zero attached hydrogens (tertiary/aromatic N) is 4. The molecule has 0 aliphatic heterocycles. The van der Waals surface area contributed by atoms with E-state index in [1.807, 2.05) is 12.1 Å². The Morgan fingerprint density at radius 3 is 1.62 bits per heavy atom. The van der Waals surface area contributed by atoms with Crippen LogP contribution in [0, 0.1) is 35.8 Å². The highest BCUT2D eigenvalue weighted by Crippen LogP contribution is 2.46. The third-order valence-corrected chi connectivity index (χ3v) is 3.79. The van der Waals surface area contributed by atoms with Crippen molar-refractivity contribution in [3.05, 3.63) is 67.5 Å². The molecule has 0 N–H and O–H groups in total. The number of rotatable bonds is 0. The van der Waals surface area contributed by atoms with Gasteiger partial charge in [-0.3, -0.25) is 0 Å². The van der Waals surface area contributed by atoms with Gasteiger partial charge in [-0.25, -0.2) is 20.2 Å². The van der Waals surface area contributed by atoms with E-state index in [0.29, 0.717) is 22.3 Å². The summed E-state index contributed by atoms with van der Waals surface area (Å²) in [5.41, 5.74) is 1.92. The van der Waals surface area contributed by atoms with Crippen molar-refractivity contribution in [2.45, 2.75) is 6.42 Å². The molecule has 0 fully saturated rings. The Morgan fingerprint density at radius 1 is 0.952 bits per heavy atom. The van der Waals surface area contributed by atoms with Crippen LogP contribution in [0.2, 0.25) is 10.0 Å². The Hall–Kier alpha value is -2.76. The molecular weight excluding hydrogens is 307 g/mol. The molecule has 1 aromatic rings. The van der Waals surface area contributed by atoms with E-state index in [4.69, 9.17) is 46.9 Å². The van der Waals surface area contributed by atoms with E-state index in [1.54, 1.807) is 12.1 Å². The van der Waals surface area contributed by atoms with Gasteiger partial charge in [0.05, 0.1) is 35.3 Å². The number of hydrogen-bond donors (Lipinski definition) is 0. The molecule has 0 bridgehead atoms. The predicted octanol–water partition coefficient (Wildman–Crippen LogP) is 4.71. The molecule has 6 heteroatoms. The molecule has 4 nitrogen and oxygen atoms in total. The largest absolute Gasteiger partial charge is 0.265 e. The maximum atomic E-state index is 9.05. The van der Waals surface area contributed by atoms with Gasteiger partial charge in [0.25, 0.3) is 11.4 Å². The minimum Gasteiger partial charge on any atom is -0.226 e. The predicted molar refractivity (Wildman–Crippen MR) is 79.3 cm³/mol. The van der Waals surface area contributed by atoms with Gasteiger partial charge in [0.2, 0.25) is 0 Å². The lowest BCUT2D eigenvalue weighted by Gasteiger charge is -2.04. The van der Waals surface area contributed by atoms with E-state index >= 15 is 0 Å². The highest BCUT2D eigenvalue weighted by Gasteiger charge is 2.28. The zero-order chi connectivity index (χ0) is 15.6. The first-order valence-corrected chi connectivity index (χ1v) is 6.34. The number of halogens is 2. The lowest BCUT2D eigenvalue weighted by atomic mass is 10.1. The van der Waals surface area contributed by atoms with E-state index in [9.17, 15) is 0 Å². The minimum atomic E-state index is -0.0769. The zero-order valence-electron chi connectivity index (χ0n) is 10.4. The molecule has 0 heterocycles. The SMILES string of the molecule is [C-]#[N+]C(C#N)=C1CC(=C(C#N)[N+]#[C-])c2cc(Cl)c(Cl)cc21. The van der Waals surface area contributed by atoms with Crippen LogP contribution in [0.15, 0.2) is 23.5 Å². The quantitative estimate of drug-likeness (QED) is 0.515. The van der Waals surface area contributed by atoms with E-state index in [2.05, 4.69) is 9.69 Å². The van der Waals surface area contributed by atoms with Gasteiger partial charge in [0.1, 0.15) is 0 Å². The van der Waals surface area contributed by atoms with Crippen LogP contribution in [-0.2, 0) is 0 Å². The highest BCUT2D eigenvalue weighted by atomic mass is 35.5. The normalized spacial score (nSPS) is 16.9. The summed E-state index contributed by atoms with van der Waals surface area (Å²) < 4.78 is 0. The van der Waals surface area contributed by atoms with Crippen LogP contribution in [-0.4, -0.2) is 0 Å². The van der Waals surface area contributed by atoms with Crippen LogP contribution in [0.1, 0.15) is 17.5 Å². The molecule has 0 atom stereocenters. The molecule has 0 saturated heterocycles. The molecule has 2 rings (SSSR count). The van der Waals surface area contributed by atoms with Crippen molar-refractivity contribution in [3.8, 4) is 12.1 Å².